The molecule has 5 nitrogen and oxygen atoms in total. The minimum Gasteiger partial charge on any atom is -0.490 e. The van der Waals surface area contributed by atoms with E-state index in [2.05, 4.69) is 17.9 Å². The molecule has 3 aromatic rings. The summed E-state index contributed by atoms with van der Waals surface area (Å²) in [6, 6.07) is 14.3. The van der Waals surface area contributed by atoms with Crippen LogP contribution in [0.1, 0.15) is 35.3 Å². The van der Waals surface area contributed by atoms with E-state index in [4.69, 9.17) is 9.47 Å². The Hall–Kier alpha value is -3.01. The van der Waals surface area contributed by atoms with Crippen molar-refractivity contribution in [3.05, 3.63) is 77.4 Å². The van der Waals surface area contributed by atoms with Crippen LogP contribution in [-0.4, -0.2) is 31.3 Å². The minimum atomic E-state index is -4.54. The van der Waals surface area contributed by atoms with Gasteiger partial charge in [-0.15, -0.1) is 12.6 Å². The molecule has 0 aromatic heterocycles. The van der Waals surface area contributed by atoms with Crippen molar-refractivity contribution in [2.75, 3.05) is 25.6 Å². The Balaban J connectivity index is 0.00000210. The molecule has 0 saturated carbocycles. The summed E-state index contributed by atoms with van der Waals surface area (Å²) in [5.41, 5.74) is 0.264. The molecule has 0 radical (unpaired) electrons. The third kappa shape index (κ3) is 7.48. The van der Waals surface area contributed by atoms with Gasteiger partial charge in [0.15, 0.2) is 0 Å². The fourth-order valence-corrected chi connectivity index (χ4v) is 3.44. The lowest BCUT2D eigenvalue weighted by Crippen LogP contribution is -2.13. The van der Waals surface area contributed by atoms with Gasteiger partial charge in [0.1, 0.15) is 12.4 Å². The largest absolute Gasteiger partial charge is 0.490 e. The van der Waals surface area contributed by atoms with Crippen LogP contribution in [0.5, 0.6) is 5.75 Å². The number of thiol groups is 1. The fourth-order valence-electron chi connectivity index (χ4n) is 3.24. The van der Waals surface area contributed by atoms with Crippen LogP contribution in [0.3, 0.4) is 0 Å². The topological polar surface area (TPSA) is 67.8 Å². The lowest BCUT2D eigenvalue weighted by atomic mass is 9.95. The summed E-state index contributed by atoms with van der Waals surface area (Å²) >= 11 is 4.31. The molecule has 0 aliphatic rings. The molecule has 0 fully saturated rings. The average Bonchev–Trinajstić information content (AvgIpc) is 2.86. The lowest BCUT2D eigenvalue weighted by Gasteiger charge is -2.16. The van der Waals surface area contributed by atoms with Crippen molar-refractivity contribution in [1.29, 1.82) is 0 Å². The summed E-state index contributed by atoms with van der Waals surface area (Å²) in [5, 5.41) is 12.5. The predicted molar refractivity (Wildman–Crippen MR) is 133 cm³/mol. The summed E-state index contributed by atoms with van der Waals surface area (Å²) in [4.78, 5) is 13.3. The van der Waals surface area contributed by atoms with E-state index in [0.717, 1.165) is 6.07 Å². The van der Waals surface area contributed by atoms with Crippen molar-refractivity contribution in [3.8, 4) is 16.9 Å². The van der Waals surface area contributed by atoms with Gasteiger partial charge in [0.2, 0.25) is 0 Å². The van der Waals surface area contributed by atoms with Gasteiger partial charge in [-0.05, 0) is 53.1 Å². The molecule has 0 saturated heterocycles. The number of methoxy groups -OCH3 is 1. The maximum atomic E-state index is 13.4. The zero-order chi connectivity index (χ0) is 26.0. The van der Waals surface area contributed by atoms with Gasteiger partial charge in [-0.3, -0.25) is 4.79 Å². The number of benzene rings is 3. The molecule has 35 heavy (non-hydrogen) atoms. The number of amides is 1. The van der Waals surface area contributed by atoms with Crippen molar-refractivity contribution in [2.24, 2.45) is 0 Å². The summed E-state index contributed by atoms with van der Waals surface area (Å²) < 4.78 is 50.8. The highest BCUT2D eigenvalue weighted by Crippen LogP contribution is 2.38. The molecule has 0 aliphatic heterocycles. The molecule has 0 atom stereocenters. The van der Waals surface area contributed by atoms with Crippen molar-refractivity contribution in [1.82, 2.24) is 0 Å². The molecule has 0 heterocycles. The predicted octanol–water partition coefficient (Wildman–Crippen LogP) is 6.46. The van der Waals surface area contributed by atoms with E-state index in [-0.39, 0.29) is 23.3 Å². The molecule has 9 heteroatoms. The first-order valence-corrected chi connectivity index (χ1v) is 11.4. The van der Waals surface area contributed by atoms with Gasteiger partial charge in [0, 0.05) is 23.3 Å². The number of carbonyl (C=O) groups excluding carboxylic acids is 1. The minimum absolute atomic E-state index is 0.0471. The SMILES string of the molecule is CC.COCCOc1cc(C(=O)Nc2ccc(-c3ccccc3C(F)(F)F)c(CO)c2)ccc1S. The van der Waals surface area contributed by atoms with Crippen molar-refractivity contribution < 1.29 is 32.5 Å². The van der Waals surface area contributed by atoms with Crippen LogP contribution in [-0.2, 0) is 17.5 Å². The van der Waals surface area contributed by atoms with E-state index in [9.17, 15) is 23.1 Å². The number of rotatable bonds is 8. The highest BCUT2D eigenvalue weighted by molar-refractivity contribution is 7.80. The van der Waals surface area contributed by atoms with E-state index in [1.165, 1.54) is 42.5 Å². The molecule has 188 valence electrons. The molecule has 0 spiro atoms. The number of aliphatic hydroxyl groups excluding tert-OH is 1. The molecular weight excluding hydrogens is 479 g/mol. The Labute approximate surface area is 208 Å². The molecule has 3 aromatic carbocycles. The average molecular weight is 508 g/mol. The van der Waals surface area contributed by atoms with E-state index >= 15 is 0 Å². The molecule has 0 unspecified atom stereocenters. The highest BCUT2D eigenvalue weighted by Gasteiger charge is 2.33. The zero-order valence-electron chi connectivity index (χ0n) is 19.6. The van der Waals surface area contributed by atoms with E-state index < -0.39 is 24.3 Å². The van der Waals surface area contributed by atoms with Crippen LogP contribution in [0.4, 0.5) is 18.9 Å². The molecule has 2 N–H and O–H groups in total. The monoisotopic (exact) mass is 507 g/mol. The Morgan fingerprint density at radius 1 is 1.00 bits per heavy atom. The molecule has 0 bridgehead atoms. The quantitative estimate of drug-likeness (QED) is 0.242. The maximum absolute atomic E-state index is 13.4. The lowest BCUT2D eigenvalue weighted by molar-refractivity contribution is -0.137. The summed E-state index contributed by atoms with van der Waals surface area (Å²) in [7, 11) is 1.54. The van der Waals surface area contributed by atoms with Crippen LogP contribution in [0.25, 0.3) is 11.1 Å². The number of alkyl halides is 3. The van der Waals surface area contributed by atoms with Crippen molar-refractivity contribution in [3.63, 3.8) is 0 Å². The summed E-state index contributed by atoms with van der Waals surface area (Å²) in [6.07, 6.45) is -4.54. The zero-order valence-corrected chi connectivity index (χ0v) is 20.5. The highest BCUT2D eigenvalue weighted by atomic mass is 32.1. The van der Waals surface area contributed by atoms with E-state index in [1.807, 2.05) is 13.8 Å². The number of carbonyl (C=O) groups is 1. The first kappa shape index (κ1) is 28.2. The van der Waals surface area contributed by atoms with Crippen molar-refractivity contribution in [2.45, 2.75) is 31.5 Å². The van der Waals surface area contributed by atoms with Gasteiger partial charge < -0.3 is 19.9 Å². The van der Waals surface area contributed by atoms with Gasteiger partial charge >= 0.3 is 6.18 Å². The number of halogens is 3. The molecule has 0 aliphatic carbocycles. The third-order valence-corrected chi connectivity index (χ3v) is 5.19. The summed E-state index contributed by atoms with van der Waals surface area (Å²) in [5.74, 6) is -0.0366. The molecule has 1 amide bonds. The third-order valence-electron chi connectivity index (χ3n) is 4.82. The number of nitrogens with one attached hydrogen (secondary N) is 1. The number of anilines is 1. The normalized spacial score (nSPS) is 10.9. The fraction of sp³-hybridized carbons (Fsp3) is 0.269. The number of hydrogen-bond acceptors (Lipinski definition) is 5. The summed E-state index contributed by atoms with van der Waals surface area (Å²) in [6.45, 7) is 4.16. The Morgan fingerprint density at radius 3 is 2.37 bits per heavy atom. The smallest absolute Gasteiger partial charge is 0.417 e. The first-order valence-electron chi connectivity index (χ1n) is 10.9. The molecular formula is C26H28F3NO4S. The number of aliphatic hydroxyl groups is 1. The first-order chi connectivity index (χ1) is 16.7. The number of ether oxygens (including phenoxy) is 2. The van der Waals surface area contributed by atoms with Gasteiger partial charge in [-0.1, -0.05) is 38.1 Å². The maximum Gasteiger partial charge on any atom is 0.417 e. The second kappa shape index (κ2) is 13.2. The van der Waals surface area contributed by atoms with Crippen molar-refractivity contribution >= 4 is 24.2 Å². The van der Waals surface area contributed by atoms with Gasteiger partial charge in [-0.25, -0.2) is 0 Å². The van der Waals surface area contributed by atoms with Gasteiger partial charge in [0.05, 0.1) is 18.8 Å². The second-order valence-electron chi connectivity index (χ2n) is 7.05. The Kier molecular flexibility index (Phi) is 10.6. The van der Waals surface area contributed by atoms with E-state index in [1.54, 1.807) is 19.2 Å². The molecule has 3 rings (SSSR count). The Bertz CT molecular complexity index is 1140. The van der Waals surface area contributed by atoms with Gasteiger partial charge in [-0.2, -0.15) is 13.2 Å². The van der Waals surface area contributed by atoms with Crippen LogP contribution in [0.2, 0.25) is 0 Å². The van der Waals surface area contributed by atoms with Crippen LogP contribution >= 0.6 is 12.6 Å². The van der Waals surface area contributed by atoms with Crippen LogP contribution in [0, 0.1) is 0 Å². The van der Waals surface area contributed by atoms with Gasteiger partial charge in [0.25, 0.3) is 5.91 Å². The second-order valence-corrected chi connectivity index (χ2v) is 7.53. The van der Waals surface area contributed by atoms with Crippen LogP contribution in [0.15, 0.2) is 65.6 Å². The Morgan fingerprint density at radius 2 is 1.71 bits per heavy atom. The number of hydrogen-bond donors (Lipinski definition) is 3. The van der Waals surface area contributed by atoms with E-state index in [0.29, 0.717) is 28.5 Å². The van der Waals surface area contributed by atoms with Crippen LogP contribution < -0.4 is 10.1 Å². The standard InChI is InChI=1S/C24H22F3NO4S.C2H6/c1-31-10-11-32-21-13-15(6-9-22(21)33)23(30)28-17-7-8-18(16(12-17)14-29)19-4-2-3-5-20(19)24(25,26)27;1-2/h2-9,12-13,29,33H,10-11,14H2,1H3,(H,28,30);1-2H3.